The molecule has 0 bridgehead atoms. The molecule has 0 aliphatic carbocycles. The van der Waals surface area contributed by atoms with Crippen molar-refractivity contribution < 1.29 is 13.9 Å². The number of aliphatic imine (C=N–C) groups is 1. The summed E-state index contributed by atoms with van der Waals surface area (Å²) in [7, 11) is 1.66. The van der Waals surface area contributed by atoms with E-state index in [0.717, 1.165) is 25.9 Å². The Bertz CT molecular complexity index is 577. The molecule has 8 heteroatoms. The number of nitrogens with zero attached hydrogens (tertiary/aromatic N) is 2. The van der Waals surface area contributed by atoms with Gasteiger partial charge in [-0.2, -0.15) is 0 Å². The van der Waals surface area contributed by atoms with E-state index in [4.69, 9.17) is 4.74 Å². The van der Waals surface area contributed by atoms with Crippen LogP contribution in [0.5, 0.6) is 5.75 Å². The van der Waals surface area contributed by atoms with Crippen LogP contribution in [-0.2, 0) is 4.79 Å². The molecule has 0 radical (unpaired) electrons. The zero-order valence-electron chi connectivity index (χ0n) is 15.3. The largest absolute Gasteiger partial charge is 0.489 e. The summed E-state index contributed by atoms with van der Waals surface area (Å²) in [6.45, 7) is 4.33. The number of piperidine rings is 1. The number of nitrogens with one attached hydrogen (secondary N) is 2. The molecule has 1 aromatic carbocycles. The highest BCUT2D eigenvalue weighted by atomic mass is 127. The molecular formula is C18H28FIN4O2. The number of carbonyl (C=O) groups is 1. The standard InChI is InChI=1S/C18H27FN4O2.HI/c1-14(25-16-8-6-15(19)7-9-16)12-21-18(20-2)22-13-17(24)23-10-4-3-5-11-23;/h6-9,14H,3-5,10-13H2,1-2H3,(H2,20,21,22);1H. The van der Waals surface area contributed by atoms with Crippen LogP contribution in [0.1, 0.15) is 26.2 Å². The quantitative estimate of drug-likeness (QED) is 0.375. The Morgan fingerprint density at radius 1 is 1.23 bits per heavy atom. The maximum Gasteiger partial charge on any atom is 0.241 e. The van der Waals surface area contributed by atoms with Gasteiger partial charge in [-0.3, -0.25) is 9.79 Å². The highest BCUT2D eigenvalue weighted by Gasteiger charge is 2.16. The Labute approximate surface area is 171 Å². The number of hydrogen-bond donors (Lipinski definition) is 2. The third-order valence-corrected chi connectivity index (χ3v) is 4.05. The normalized spacial score (nSPS) is 15.7. The number of halogens is 2. The van der Waals surface area contributed by atoms with E-state index >= 15 is 0 Å². The molecule has 1 heterocycles. The van der Waals surface area contributed by atoms with Gasteiger partial charge in [0.15, 0.2) is 5.96 Å². The number of benzene rings is 1. The van der Waals surface area contributed by atoms with Gasteiger partial charge in [-0.05, 0) is 50.5 Å². The summed E-state index contributed by atoms with van der Waals surface area (Å²) in [6.07, 6.45) is 3.22. The predicted octanol–water partition coefficient (Wildman–Crippen LogP) is 2.39. The first-order valence-corrected chi connectivity index (χ1v) is 8.73. The molecular weight excluding hydrogens is 450 g/mol. The molecule has 0 aromatic heterocycles. The Kier molecular flexibility index (Phi) is 10.3. The summed E-state index contributed by atoms with van der Waals surface area (Å²) in [5.74, 6) is 0.971. The summed E-state index contributed by atoms with van der Waals surface area (Å²) in [5, 5.41) is 6.16. The fourth-order valence-corrected chi connectivity index (χ4v) is 2.66. The lowest BCUT2D eigenvalue weighted by Gasteiger charge is -2.27. The van der Waals surface area contributed by atoms with Crippen molar-refractivity contribution in [2.75, 3.05) is 33.2 Å². The maximum absolute atomic E-state index is 12.9. The molecule has 0 spiro atoms. The smallest absolute Gasteiger partial charge is 0.241 e. The lowest BCUT2D eigenvalue weighted by Crippen LogP contribution is -2.47. The zero-order valence-corrected chi connectivity index (χ0v) is 17.7. The molecule has 1 unspecified atom stereocenters. The number of carbonyl (C=O) groups excluding carboxylic acids is 1. The Morgan fingerprint density at radius 2 is 1.88 bits per heavy atom. The first-order chi connectivity index (χ1) is 12.1. The van der Waals surface area contributed by atoms with E-state index < -0.39 is 0 Å². The number of rotatable bonds is 6. The summed E-state index contributed by atoms with van der Waals surface area (Å²) in [6, 6.07) is 5.91. The van der Waals surface area contributed by atoms with Gasteiger partial charge in [-0.15, -0.1) is 24.0 Å². The topological polar surface area (TPSA) is 66.0 Å². The highest BCUT2D eigenvalue weighted by molar-refractivity contribution is 14.0. The molecule has 1 fully saturated rings. The SMILES string of the molecule is CN=C(NCC(=O)N1CCCCC1)NCC(C)Oc1ccc(F)cc1.I. The van der Waals surface area contributed by atoms with Crippen molar-refractivity contribution in [3.05, 3.63) is 30.1 Å². The van der Waals surface area contributed by atoms with Gasteiger partial charge in [0, 0.05) is 20.1 Å². The van der Waals surface area contributed by atoms with E-state index in [9.17, 15) is 9.18 Å². The van der Waals surface area contributed by atoms with E-state index in [1.165, 1.54) is 18.6 Å². The third kappa shape index (κ3) is 7.76. The van der Waals surface area contributed by atoms with E-state index in [1.54, 1.807) is 19.2 Å². The van der Waals surface area contributed by atoms with Gasteiger partial charge in [0.25, 0.3) is 0 Å². The van der Waals surface area contributed by atoms with Crippen molar-refractivity contribution in [2.24, 2.45) is 4.99 Å². The molecule has 0 saturated carbocycles. The molecule has 6 nitrogen and oxygen atoms in total. The van der Waals surface area contributed by atoms with Gasteiger partial charge < -0.3 is 20.3 Å². The van der Waals surface area contributed by atoms with Gasteiger partial charge in [0.05, 0.1) is 13.1 Å². The Morgan fingerprint density at radius 3 is 2.50 bits per heavy atom. The van der Waals surface area contributed by atoms with Crippen LogP contribution >= 0.6 is 24.0 Å². The van der Waals surface area contributed by atoms with Crippen LogP contribution in [0.25, 0.3) is 0 Å². The molecule has 1 atom stereocenters. The van der Waals surface area contributed by atoms with Gasteiger partial charge in [0.1, 0.15) is 17.7 Å². The first kappa shape index (κ1) is 22.5. The van der Waals surface area contributed by atoms with Crippen LogP contribution in [0, 0.1) is 5.82 Å². The van der Waals surface area contributed by atoms with Crippen LogP contribution in [0.3, 0.4) is 0 Å². The lowest BCUT2D eigenvalue weighted by molar-refractivity contribution is -0.130. The van der Waals surface area contributed by atoms with Crippen molar-refractivity contribution in [3.63, 3.8) is 0 Å². The number of hydrogen-bond acceptors (Lipinski definition) is 3. The second-order valence-electron chi connectivity index (χ2n) is 6.13. The Balaban J connectivity index is 0.00000338. The van der Waals surface area contributed by atoms with Crippen LogP contribution in [0.4, 0.5) is 4.39 Å². The zero-order chi connectivity index (χ0) is 18.1. The van der Waals surface area contributed by atoms with Gasteiger partial charge in [-0.25, -0.2) is 4.39 Å². The fourth-order valence-electron chi connectivity index (χ4n) is 2.66. The van der Waals surface area contributed by atoms with Gasteiger partial charge >= 0.3 is 0 Å². The molecule has 2 rings (SSSR count). The summed E-state index contributed by atoms with van der Waals surface area (Å²) >= 11 is 0. The van der Waals surface area contributed by atoms with Crippen molar-refractivity contribution in [1.29, 1.82) is 0 Å². The van der Waals surface area contributed by atoms with Gasteiger partial charge in [0.2, 0.25) is 5.91 Å². The first-order valence-electron chi connectivity index (χ1n) is 8.73. The summed E-state index contributed by atoms with van der Waals surface area (Å²) in [5.41, 5.74) is 0. The molecule has 2 N–H and O–H groups in total. The Hall–Kier alpha value is -1.58. The minimum atomic E-state index is -0.291. The van der Waals surface area contributed by atoms with E-state index in [1.807, 2.05) is 11.8 Å². The van der Waals surface area contributed by atoms with E-state index in [2.05, 4.69) is 15.6 Å². The number of ether oxygens (including phenoxy) is 1. The lowest BCUT2D eigenvalue weighted by atomic mass is 10.1. The number of amides is 1. The molecule has 1 amide bonds. The summed E-state index contributed by atoms with van der Waals surface area (Å²) in [4.78, 5) is 18.2. The van der Waals surface area contributed by atoms with Gasteiger partial charge in [-0.1, -0.05) is 0 Å². The average molecular weight is 478 g/mol. The molecule has 1 aromatic rings. The molecule has 26 heavy (non-hydrogen) atoms. The third-order valence-electron chi connectivity index (χ3n) is 4.05. The van der Waals surface area contributed by atoms with Crippen molar-refractivity contribution in [2.45, 2.75) is 32.3 Å². The predicted molar refractivity (Wildman–Crippen MR) is 112 cm³/mol. The van der Waals surface area contributed by atoms with E-state index in [-0.39, 0.29) is 48.3 Å². The fraction of sp³-hybridized carbons (Fsp3) is 0.556. The monoisotopic (exact) mass is 478 g/mol. The van der Waals surface area contributed by atoms with E-state index in [0.29, 0.717) is 18.3 Å². The van der Waals surface area contributed by atoms with Crippen LogP contribution in [-0.4, -0.2) is 56.1 Å². The molecule has 146 valence electrons. The maximum atomic E-state index is 12.9. The minimum Gasteiger partial charge on any atom is -0.489 e. The number of likely N-dealkylation sites (tertiary alicyclic amines) is 1. The molecule has 1 aliphatic heterocycles. The minimum absolute atomic E-state index is 0. The molecule has 1 aliphatic rings. The second-order valence-corrected chi connectivity index (χ2v) is 6.13. The van der Waals surface area contributed by atoms with Crippen molar-refractivity contribution >= 4 is 35.8 Å². The van der Waals surface area contributed by atoms with Crippen LogP contribution in [0.2, 0.25) is 0 Å². The highest BCUT2D eigenvalue weighted by Crippen LogP contribution is 2.12. The second kappa shape index (κ2) is 11.9. The number of guanidine groups is 1. The van der Waals surface area contributed by atoms with Crippen molar-refractivity contribution in [1.82, 2.24) is 15.5 Å². The van der Waals surface area contributed by atoms with Crippen LogP contribution in [0.15, 0.2) is 29.3 Å². The molecule has 1 saturated heterocycles. The average Bonchev–Trinajstić information content (AvgIpc) is 2.64. The summed E-state index contributed by atoms with van der Waals surface area (Å²) < 4.78 is 18.6. The van der Waals surface area contributed by atoms with Crippen molar-refractivity contribution in [3.8, 4) is 5.75 Å². The van der Waals surface area contributed by atoms with Crippen LogP contribution < -0.4 is 15.4 Å².